The van der Waals surface area contributed by atoms with Crippen LogP contribution in [0.3, 0.4) is 0 Å². The highest BCUT2D eigenvalue weighted by Crippen LogP contribution is 2.56. The Labute approximate surface area is 195 Å². The van der Waals surface area contributed by atoms with Gasteiger partial charge in [0.05, 0.1) is 18.8 Å². The number of ether oxygens (including phenoxy) is 2. The van der Waals surface area contributed by atoms with Crippen LogP contribution >= 0.6 is 0 Å². The minimum Gasteiger partial charge on any atom is -0.473 e. The van der Waals surface area contributed by atoms with Gasteiger partial charge in [0.15, 0.2) is 0 Å². The van der Waals surface area contributed by atoms with E-state index < -0.39 is 11.7 Å². The van der Waals surface area contributed by atoms with Crippen molar-refractivity contribution in [3.63, 3.8) is 0 Å². The Bertz CT molecular complexity index is 1300. The molecule has 34 heavy (non-hydrogen) atoms. The topological polar surface area (TPSA) is 31.4 Å². The Hall–Kier alpha value is -2.86. The predicted molar refractivity (Wildman–Crippen MR) is 120 cm³/mol. The molecule has 4 aliphatic rings. The number of rotatable bonds is 4. The number of aromatic nitrogens is 1. The van der Waals surface area contributed by atoms with Crippen molar-refractivity contribution in [1.29, 1.82) is 0 Å². The van der Waals surface area contributed by atoms with Gasteiger partial charge in [-0.1, -0.05) is 36.4 Å². The zero-order valence-corrected chi connectivity index (χ0v) is 18.6. The van der Waals surface area contributed by atoms with Crippen LogP contribution in [0, 0.1) is 5.92 Å². The summed E-state index contributed by atoms with van der Waals surface area (Å²) in [4.78, 5) is 4.50. The molecule has 1 aliphatic heterocycles. The van der Waals surface area contributed by atoms with E-state index in [2.05, 4.69) is 17.1 Å². The molecule has 0 radical (unpaired) electrons. The van der Waals surface area contributed by atoms with Crippen LogP contribution in [0.4, 0.5) is 13.2 Å². The fourth-order valence-electron chi connectivity index (χ4n) is 6.41. The highest BCUT2D eigenvalue weighted by atomic mass is 19.4. The fraction of sp³-hybridized carbons (Fsp3) is 0.393. The van der Waals surface area contributed by atoms with Gasteiger partial charge in [0, 0.05) is 23.6 Å². The normalized spacial score (nSPS) is 25.4. The lowest BCUT2D eigenvalue weighted by Gasteiger charge is -2.39. The maximum Gasteiger partial charge on any atom is 0.416 e. The van der Waals surface area contributed by atoms with Crippen LogP contribution in [0.2, 0.25) is 0 Å². The predicted octanol–water partition coefficient (Wildman–Crippen LogP) is 6.14. The van der Waals surface area contributed by atoms with Gasteiger partial charge in [-0.3, -0.25) is 0 Å². The first kappa shape index (κ1) is 20.5. The van der Waals surface area contributed by atoms with E-state index in [4.69, 9.17) is 9.47 Å². The van der Waals surface area contributed by atoms with Crippen molar-refractivity contribution in [1.82, 2.24) is 4.98 Å². The molecule has 3 aliphatic carbocycles. The number of hydrogen-bond donors (Lipinski definition) is 0. The Kier molecular flexibility index (Phi) is 4.27. The molecule has 1 saturated carbocycles. The third-order valence-corrected chi connectivity index (χ3v) is 8.25. The van der Waals surface area contributed by atoms with E-state index in [0.29, 0.717) is 43.6 Å². The van der Waals surface area contributed by atoms with E-state index in [9.17, 15) is 13.2 Å². The summed E-state index contributed by atoms with van der Waals surface area (Å²) in [6, 6.07) is 14.1. The molecule has 3 atom stereocenters. The number of benzene rings is 2. The van der Waals surface area contributed by atoms with Crippen LogP contribution < -0.4 is 4.74 Å². The Morgan fingerprint density at radius 2 is 1.88 bits per heavy atom. The van der Waals surface area contributed by atoms with Crippen molar-refractivity contribution < 1.29 is 22.6 Å². The summed E-state index contributed by atoms with van der Waals surface area (Å²) < 4.78 is 53.0. The fourth-order valence-corrected chi connectivity index (χ4v) is 6.41. The van der Waals surface area contributed by atoms with Gasteiger partial charge in [-0.05, 0) is 70.5 Å². The SMILES string of the molecule is FC(F)(F)c1ccccc1C1CC2(COC2)c2ccc(COc3cc4c(cn3)C3CC3C4)cc21. The second-order valence-electron chi connectivity index (χ2n) is 10.4. The van der Waals surface area contributed by atoms with Crippen molar-refractivity contribution in [3.8, 4) is 5.88 Å². The molecule has 3 aromatic rings. The van der Waals surface area contributed by atoms with Gasteiger partial charge in [0.2, 0.25) is 5.88 Å². The molecule has 1 aromatic heterocycles. The van der Waals surface area contributed by atoms with E-state index in [0.717, 1.165) is 29.0 Å². The number of alkyl halides is 3. The summed E-state index contributed by atoms with van der Waals surface area (Å²) >= 11 is 0. The maximum atomic E-state index is 13.8. The highest BCUT2D eigenvalue weighted by Gasteiger charge is 2.51. The third kappa shape index (κ3) is 3.11. The van der Waals surface area contributed by atoms with Crippen LogP contribution in [0.15, 0.2) is 54.7 Å². The lowest BCUT2D eigenvalue weighted by molar-refractivity contribution is -0.138. The summed E-state index contributed by atoms with van der Waals surface area (Å²) in [7, 11) is 0. The summed E-state index contributed by atoms with van der Waals surface area (Å²) in [6.45, 7) is 1.45. The number of pyridine rings is 1. The molecule has 3 unspecified atom stereocenters. The number of hydrogen-bond acceptors (Lipinski definition) is 3. The zero-order valence-electron chi connectivity index (χ0n) is 18.6. The van der Waals surface area contributed by atoms with Crippen molar-refractivity contribution in [3.05, 3.63) is 93.7 Å². The molecule has 2 fully saturated rings. The van der Waals surface area contributed by atoms with Crippen molar-refractivity contribution in [2.45, 2.75) is 49.3 Å². The van der Waals surface area contributed by atoms with Gasteiger partial charge >= 0.3 is 6.18 Å². The van der Waals surface area contributed by atoms with Crippen LogP contribution in [0.1, 0.15) is 63.6 Å². The molecule has 0 N–H and O–H groups in total. The van der Waals surface area contributed by atoms with Gasteiger partial charge in [-0.2, -0.15) is 13.2 Å². The van der Waals surface area contributed by atoms with Crippen molar-refractivity contribution in [2.24, 2.45) is 5.92 Å². The first-order valence-electron chi connectivity index (χ1n) is 11.9. The summed E-state index contributed by atoms with van der Waals surface area (Å²) in [5, 5.41) is 0. The van der Waals surface area contributed by atoms with Crippen LogP contribution in [-0.2, 0) is 29.4 Å². The van der Waals surface area contributed by atoms with Gasteiger partial charge in [-0.15, -0.1) is 0 Å². The minimum absolute atomic E-state index is 0.194. The first-order valence-corrected chi connectivity index (χ1v) is 11.9. The monoisotopic (exact) mass is 463 g/mol. The van der Waals surface area contributed by atoms with Crippen LogP contribution in [0.5, 0.6) is 5.88 Å². The number of fused-ring (bicyclic) bond motifs is 5. The molecule has 6 heteroatoms. The average molecular weight is 463 g/mol. The molecule has 1 saturated heterocycles. The molecule has 7 rings (SSSR count). The number of halogens is 3. The Morgan fingerprint density at radius 1 is 1.03 bits per heavy atom. The Morgan fingerprint density at radius 3 is 2.68 bits per heavy atom. The minimum atomic E-state index is -4.39. The quantitative estimate of drug-likeness (QED) is 0.466. The summed E-state index contributed by atoms with van der Waals surface area (Å²) in [5.41, 5.74) is 5.32. The lowest BCUT2D eigenvalue weighted by atomic mass is 9.78. The standard InChI is InChI=1S/C28H24F3NO2/c29-28(30,31)25-4-2-1-3-19(25)22-11-27(14-33-15-27)24-6-5-16(7-21(22)24)13-34-26-10-18-8-17-9-20(17)23(18)12-32-26/h1-7,10,12,17,20,22H,8-9,11,13-15H2. The molecule has 0 amide bonds. The molecule has 2 heterocycles. The smallest absolute Gasteiger partial charge is 0.416 e. The van der Waals surface area contributed by atoms with E-state index >= 15 is 0 Å². The summed E-state index contributed by atoms with van der Waals surface area (Å²) in [6.07, 6.45) is 0.602. The zero-order chi connectivity index (χ0) is 23.1. The highest BCUT2D eigenvalue weighted by molar-refractivity contribution is 5.52. The largest absolute Gasteiger partial charge is 0.473 e. The molecule has 2 aromatic carbocycles. The Balaban J connectivity index is 1.20. The van der Waals surface area contributed by atoms with Crippen molar-refractivity contribution in [2.75, 3.05) is 13.2 Å². The molecule has 3 nitrogen and oxygen atoms in total. The van der Waals surface area contributed by atoms with Crippen molar-refractivity contribution >= 4 is 0 Å². The third-order valence-electron chi connectivity index (χ3n) is 8.25. The maximum absolute atomic E-state index is 13.8. The molecular weight excluding hydrogens is 439 g/mol. The summed E-state index contributed by atoms with van der Waals surface area (Å²) in [5.74, 6) is 1.79. The van der Waals surface area contributed by atoms with Gasteiger partial charge < -0.3 is 9.47 Å². The van der Waals surface area contributed by atoms with E-state index in [1.165, 1.54) is 29.7 Å². The molecule has 174 valence electrons. The number of nitrogens with zero attached hydrogens (tertiary/aromatic N) is 1. The molecule has 0 bridgehead atoms. The van der Waals surface area contributed by atoms with Crippen LogP contribution in [0.25, 0.3) is 0 Å². The lowest BCUT2D eigenvalue weighted by Crippen LogP contribution is -2.45. The second kappa shape index (κ2) is 7.08. The van der Waals surface area contributed by atoms with E-state index in [-0.39, 0.29) is 11.3 Å². The van der Waals surface area contributed by atoms with E-state index in [1.807, 2.05) is 18.3 Å². The molecular formula is C28H24F3NO2. The first-order chi connectivity index (χ1) is 16.4. The van der Waals surface area contributed by atoms with Gasteiger partial charge in [-0.25, -0.2) is 4.98 Å². The van der Waals surface area contributed by atoms with Gasteiger partial charge in [0.1, 0.15) is 6.61 Å². The second-order valence-corrected chi connectivity index (χ2v) is 10.4. The van der Waals surface area contributed by atoms with Gasteiger partial charge in [0.25, 0.3) is 0 Å². The average Bonchev–Trinajstić information content (AvgIpc) is 3.34. The van der Waals surface area contributed by atoms with E-state index in [1.54, 1.807) is 12.1 Å². The molecule has 1 spiro atoms. The van der Waals surface area contributed by atoms with Crippen LogP contribution in [-0.4, -0.2) is 18.2 Å².